The van der Waals surface area contributed by atoms with Crippen LogP contribution in [0.2, 0.25) is 0 Å². The van der Waals surface area contributed by atoms with Crippen LogP contribution in [0.5, 0.6) is 0 Å². The second-order valence-electron chi connectivity index (χ2n) is 3.85. The number of hydrogen-bond acceptors (Lipinski definition) is 3. The molecular weight excluding hydrogens is 216 g/mol. The van der Waals surface area contributed by atoms with E-state index >= 15 is 0 Å². The number of nitrogens with one attached hydrogen (secondary N) is 1. The van der Waals surface area contributed by atoms with Crippen molar-refractivity contribution >= 4 is 16.9 Å². The molecule has 5 nitrogen and oxygen atoms in total. The summed E-state index contributed by atoms with van der Waals surface area (Å²) in [5, 5.41) is 3.67. The van der Waals surface area contributed by atoms with Gasteiger partial charge in [0.2, 0.25) is 5.91 Å². The summed E-state index contributed by atoms with van der Waals surface area (Å²) < 4.78 is 1.98. The Hall–Kier alpha value is -1.88. The minimum absolute atomic E-state index is 0.0251. The number of pyridine rings is 1. The number of carbonyl (C=O) groups excluding carboxylic acids is 1. The van der Waals surface area contributed by atoms with Gasteiger partial charge in [-0.3, -0.25) is 4.79 Å². The maximum absolute atomic E-state index is 11.2. The Bertz CT molecular complexity index is 532. The highest BCUT2D eigenvalue weighted by molar-refractivity contribution is 5.80. The van der Waals surface area contributed by atoms with E-state index in [4.69, 9.17) is 5.73 Å². The van der Waals surface area contributed by atoms with Crippen molar-refractivity contribution < 1.29 is 4.79 Å². The third kappa shape index (κ3) is 2.29. The Morgan fingerprint density at radius 1 is 1.59 bits per heavy atom. The highest BCUT2D eigenvalue weighted by Crippen LogP contribution is 2.18. The Kier molecular flexibility index (Phi) is 3.39. The van der Waals surface area contributed by atoms with Gasteiger partial charge in [0.15, 0.2) is 0 Å². The van der Waals surface area contributed by atoms with Crippen LogP contribution in [-0.2, 0) is 17.9 Å². The minimum Gasteiger partial charge on any atom is -0.359 e. The van der Waals surface area contributed by atoms with Crippen LogP contribution in [0.4, 0.5) is 0 Å². The standard InChI is InChI=1S/C12H16N4O/c1-14-11(17)4-6-16-8-9(7-13)10-3-2-5-15-12(10)16/h2-3,5,8H,4,6-7,13H2,1H3,(H,14,17). The van der Waals surface area contributed by atoms with Gasteiger partial charge >= 0.3 is 0 Å². The molecule has 3 N–H and O–H groups in total. The fourth-order valence-corrected chi connectivity index (χ4v) is 1.88. The van der Waals surface area contributed by atoms with Crippen molar-refractivity contribution in [2.24, 2.45) is 5.73 Å². The first-order valence-electron chi connectivity index (χ1n) is 5.59. The average Bonchev–Trinajstić information content (AvgIpc) is 2.74. The molecule has 2 rings (SSSR count). The molecule has 5 heteroatoms. The van der Waals surface area contributed by atoms with Crippen LogP contribution >= 0.6 is 0 Å². The third-order valence-electron chi connectivity index (χ3n) is 2.79. The lowest BCUT2D eigenvalue weighted by Crippen LogP contribution is -2.19. The van der Waals surface area contributed by atoms with Crippen molar-refractivity contribution in [3.05, 3.63) is 30.1 Å². The largest absolute Gasteiger partial charge is 0.359 e. The number of amides is 1. The third-order valence-corrected chi connectivity index (χ3v) is 2.79. The van der Waals surface area contributed by atoms with E-state index in [9.17, 15) is 4.79 Å². The van der Waals surface area contributed by atoms with Crippen LogP contribution in [0, 0.1) is 0 Å². The monoisotopic (exact) mass is 232 g/mol. The molecule has 0 atom stereocenters. The molecule has 0 bridgehead atoms. The fraction of sp³-hybridized carbons (Fsp3) is 0.333. The van der Waals surface area contributed by atoms with Gasteiger partial charge in [-0.1, -0.05) is 0 Å². The number of carbonyl (C=O) groups is 1. The van der Waals surface area contributed by atoms with Crippen molar-refractivity contribution in [2.45, 2.75) is 19.5 Å². The molecule has 2 aromatic rings. The van der Waals surface area contributed by atoms with Crippen LogP contribution in [0.1, 0.15) is 12.0 Å². The highest BCUT2D eigenvalue weighted by atomic mass is 16.1. The summed E-state index contributed by atoms with van der Waals surface area (Å²) >= 11 is 0. The van der Waals surface area contributed by atoms with E-state index in [1.54, 1.807) is 13.2 Å². The van der Waals surface area contributed by atoms with Gasteiger partial charge in [0.25, 0.3) is 0 Å². The second-order valence-corrected chi connectivity index (χ2v) is 3.85. The quantitative estimate of drug-likeness (QED) is 0.812. The molecule has 2 heterocycles. The van der Waals surface area contributed by atoms with Crippen molar-refractivity contribution in [2.75, 3.05) is 7.05 Å². The van der Waals surface area contributed by atoms with E-state index in [0.29, 0.717) is 19.5 Å². The van der Waals surface area contributed by atoms with Crippen molar-refractivity contribution in [1.82, 2.24) is 14.9 Å². The van der Waals surface area contributed by atoms with Gasteiger partial charge in [0.05, 0.1) is 0 Å². The fourth-order valence-electron chi connectivity index (χ4n) is 1.88. The lowest BCUT2D eigenvalue weighted by atomic mass is 10.2. The van der Waals surface area contributed by atoms with Gasteiger partial charge in [-0.15, -0.1) is 0 Å². The maximum Gasteiger partial charge on any atom is 0.221 e. The zero-order valence-electron chi connectivity index (χ0n) is 9.81. The minimum atomic E-state index is 0.0251. The molecule has 0 spiro atoms. The zero-order valence-corrected chi connectivity index (χ0v) is 9.81. The van der Waals surface area contributed by atoms with Gasteiger partial charge in [-0.2, -0.15) is 0 Å². The Labute approximate surface area is 99.6 Å². The molecule has 0 unspecified atom stereocenters. The second kappa shape index (κ2) is 4.97. The molecule has 0 aliphatic heterocycles. The molecule has 0 aliphatic rings. The lowest BCUT2D eigenvalue weighted by molar-refractivity contribution is -0.120. The average molecular weight is 232 g/mol. The summed E-state index contributed by atoms with van der Waals surface area (Å²) in [5.74, 6) is 0.0251. The predicted octanol–water partition coefficient (Wildman–Crippen LogP) is 0.631. The van der Waals surface area contributed by atoms with Gasteiger partial charge < -0.3 is 15.6 Å². The Morgan fingerprint density at radius 2 is 2.41 bits per heavy atom. The smallest absolute Gasteiger partial charge is 0.221 e. The number of aromatic nitrogens is 2. The van der Waals surface area contributed by atoms with Gasteiger partial charge in [0.1, 0.15) is 5.65 Å². The number of nitrogens with two attached hydrogens (primary N) is 1. The number of rotatable bonds is 4. The number of aryl methyl sites for hydroxylation is 1. The van der Waals surface area contributed by atoms with Crippen LogP contribution in [-0.4, -0.2) is 22.5 Å². The van der Waals surface area contributed by atoms with E-state index in [1.807, 2.05) is 22.9 Å². The number of fused-ring (bicyclic) bond motifs is 1. The molecule has 0 fully saturated rings. The molecule has 1 amide bonds. The van der Waals surface area contributed by atoms with E-state index in [0.717, 1.165) is 16.6 Å². The Balaban J connectivity index is 2.31. The van der Waals surface area contributed by atoms with Gasteiger partial charge in [0, 0.05) is 44.3 Å². The molecule has 0 aliphatic carbocycles. The van der Waals surface area contributed by atoms with E-state index in [-0.39, 0.29) is 5.91 Å². The zero-order chi connectivity index (χ0) is 12.3. The topological polar surface area (TPSA) is 72.9 Å². The first-order valence-corrected chi connectivity index (χ1v) is 5.59. The van der Waals surface area contributed by atoms with E-state index < -0.39 is 0 Å². The lowest BCUT2D eigenvalue weighted by Gasteiger charge is -2.03. The van der Waals surface area contributed by atoms with Crippen molar-refractivity contribution in [3.8, 4) is 0 Å². The normalized spacial score (nSPS) is 10.7. The first kappa shape index (κ1) is 11.6. The molecule has 0 radical (unpaired) electrons. The number of nitrogens with zero attached hydrogens (tertiary/aromatic N) is 2. The van der Waals surface area contributed by atoms with Gasteiger partial charge in [-0.05, 0) is 17.7 Å². The molecular formula is C12H16N4O. The maximum atomic E-state index is 11.2. The van der Waals surface area contributed by atoms with Crippen LogP contribution in [0.3, 0.4) is 0 Å². The molecule has 2 aromatic heterocycles. The van der Waals surface area contributed by atoms with Crippen LogP contribution in [0.25, 0.3) is 11.0 Å². The van der Waals surface area contributed by atoms with E-state index in [1.165, 1.54) is 0 Å². The van der Waals surface area contributed by atoms with Crippen LogP contribution in [0.15, 0.2) is 24.5 Å². The first-order chi connectivity index (χ1) is 8.26. The number of hydrogen-bond donors (Lipinski definition) is 2. The van der Waals surface area contributed by atoms with Gasteiger partial charge in [-0.25, -0.2) is 4.98 Å². The predicted molar refractivity (Wildman–Crippen MR) is 66.3 cm³/mol. The van der Waals surface area contributed by atoms with Crippen molar-refractivity contribution in [1.29, 1.82) is 0 Å². The molecule has 0 saturated carbocycles. The summed E-state index contributed by atoms with van der Waals surface area (Å²) in [4.78, 5) is 15.6. The molecule has 0 aromatic carbocycles. The molecule has 0 saturated heterocycles. The van der Waals surface area contributed by atoms with E-state index in [2.05, 4.69) is 10.3 Å². The summed E-state index contributed by atoms with van der Waals surface area (Å²) in [6, 6.07) is 3.89. The highest BCUT2D eigenvalue weighted by Gasteiger charge is 2.08. The summed E-state index contributed by atoms with van der Waals surface area (Å²) in [6.45, 7) is 1.10. The summed E-state index contributed by atoms with van der Waals surface area (Å²) in [5.41, 5.74) is 7.64. The Morgan fingerprint density at radius 3 is 3.12 bits per heavy atom. The molecule has 17 heavy (non-hydrogen) atoms. The molecule has 90 valence electrons. The SMILES string of the molecule is CNC(=O)CCn1cc(CN)c2cccnc21. The van der Waals surface area contributed by atoms with Crippen molar-refractivity contribution in [3.63, 3.8) is 0 Å². The summed E-state index contributed by atoms with van der Waals surface area (Å²) in [7, 11) is 1.64. The van der Waals surface area contributed by atoms with Crippen LogP contribution < -0.4 is 11.1 Å². The summed E-state index contributed by atoms with van der Waals surface area (Å²) in [6.07, 6.45) is 4.17.